The molecule has 2 aliphatic rings. The van der Waals surface area contributed by atoms with Crippen LogP contribution in [0.3, 0.4) is 0 Å². The zero-order chi connectivity index (χ0) is 42.2. The first-order valence-corrected chi connectivity index (χ1v) is 19.8. The molecule has 0 radical (unpaired) electrons. The topological polar surface area (TPSA) is 194 Å². The van der Waals surface area contributed by atoms with Crippen molar-refractivity contribution in [2.24, 2.45) is 0 Å². The Morgan fingerprint density at radius 2 is 1.27 bits per heavy atom. The van der Waals surface area contributed by atoms with E-state index in [0.29, 0.717) is 24.5 Å². The van der Waals surface area contributed by atoms with Crippen molar-refractivity contribution >= 4 is 40.7 Å². The first-order valence-electron chi connectivity index (χ1n) is 19.8. The Morgan fingerprint density at radius 3 is 1.88 bits per heavy atom. The van der Waals surface area contributed by atoms with Gasteiger partial charge in [-0.05, 0) is 85.7 Å². The molecule has 0 aliphatic carbocycles. The predicted octanol–water partition coefficient (Wildman–Crippen LogP) is 4.80. The quantitative estimate of drug-likeness (QED) is 0.138. The molecule has 4 N–H and O–H groups in total. The van der Waals surface area contributed by atoms with Crippen LogP contribution in [0, 0.1) is 0 Å². The van der Waals surface area contributed by atoms with Crippen molar-refractivity contribution in [1.29, 1.82) is 0 Å². The Morgan fingerprint density at radius 1 is 0.729 bits per heavy atom. The molecule has 0 bridgehead atoms. The zero-order valence-corrected chi connectivity index (χ0v) is 34.3. The fourth-order valence-electron chi connectivity index (χ4n) is 7.79. The van der Waals surface area contributed by atoms with Crippen LogP contribution >= 0.6 is 0 Å². The number of likely N-dealkylation sites (tertiary alicyclic amines) is 2. The number of aromatic amines is 1. The van der Waals surface area contributed by atoms with Gasteiger partial charge in [0.25, 0.3) is 5.91 Å². The maximum Gasteiger partial charge on any atom is 0.407 e. The number of carbonyl (C=O) groups is 5. The lowest BCUT2D eigenvalue weighted by atomic mass is 9.98. The summed E-state index contributed by atoms with van der Waals surface area (Å²) < 4.78 is 20.2. The summed E-state index contributed by atoms with van der Waals surface area (Å²) in [5.74, 6) is -0.114. The number of alkyl carbamates (subject to hydrolysis) is 2. The normalized spacial score (nSPS) is 18.5. The van der Waals surface area contributed by atoms with Crippen LogP contribution in [0.4, 0.5) is 9.59 Å². The maximum absolute atomic E-state index is 13.6. The van der Waals surface area contributed by atoms with Crippen molar-refractivity contribution in [2.45, 2.75) is 75.9 Å². The molecular weight excluding hydrogens is 759 g/mol. The van der Waals surface area contributed by atoms with Crippen LogP contribution < -0.4 is 16.0 Å². The van der Waals surface area contributed by atoms with Gasteiger partial charge in [0.15, 0.2) is 0 Å². The number of rotatable bonds is 14. The number of hydrogen-bond donors (Lipinski definition) is 4. The van der Waals surface area contributed by atoms with Crippen LogP contribution in [-0.2, 0) is 28.5 Å². The summed E-state index contributed by atoms with van der Waals surface area (Å²) in [5.41, 5.74) is 4.21. The molecule has 3 aromatic carbocycles. The van der Waals surface area contributed by atoms with E-state index in [1.54, 1.807) is 42.0 Å². The molecule has 1 aromatic heterocycles. The van der Waals surface area contributed by atoms with Crippen molar-refractivity contribution in [3.63, 3.8) is 0 Å². The standard InChI is InChI=1S/C43H53N7O9/c1-25(56-3)36(47-42(54)58-5)40(52)49-19-7-9-33(49)23-45-39(51)28-13-11-27(12-14-28)29-15-16-31-22-32(18-17-30(31)21-29)34-24-44-38(46-34)35-10-8-20-50(35)41(53)37(26(2)57-4)48-43(55)59-6/h11-18,21-22,24-26,33,35-37H,7-10,19-20,23H2,1-6H3,(H,44,46)(H,45,51)(H,47,54)(H,48,55). The van der Waals surface area contributed by atoms with Gasteiger partial charge in [0, 0.05) is 51.0 Å². The van der Waals surface area contributed by atoms with Gasteiger partial charge >= 0.3 is 12.2 Å². The van der Waals surface area contributed by atoms with Gasteiger partial charge in [0.05, 0.1) is 44.4 Å². The molecule has 6 rings (SSSR count). The van der Waals surface area contributed by atoms with E-state index in [4.69, 9.17) is 18.9 Å². The lowest BCUT2D eigenvalue weighted by Crippen LogP contribution is -2.56. The summed E-state index contributed by atoms with van der Waals surface area (Å²) in [6.45, 7) is 4.75. The van der Waals surface area contributed by atoms with Gasteiger partial charge in [0.2, 0.25) is 11.8 Å². The van der Waals surface area contributed by atoms with E-state index < -0.39 is 36.5 Å². The van der Waals surface area contributed by atoms with Crippen molar-refractivity contribution in [3.05, 3.63) is 78.2 Å². The molecule has 16 nitrogen and oxygen atoms in total. The minimum absolute atomic E-state index is 0.222. The Labute approximate surface area is 343 Å². The number of aromatic nitrogens is 2. The van der Waals surface area contributed by atoms with Crippen LogP contribution in [0.15, 0.2) is 66.9 Å². The van der Waals surface area contributed by atoms with E-state index in [0.717, 1.165) is 58.8 Å². The number of nitrogens with one attached hydrogen (secondary N) is 4. The van der Waals surface area contributed by atoms with E-state index in [1.165, 1.54) is 28.4 Å². The molecule has 0 spiro atoms. The lowest BCUT2D eigenvalue weighted by Gasteiger charge is -2.31. The molecular formula is C43H53N7O9. The highest BCUT2D eigenvalue weighted by atomic mass is 16.5. The third kappa shape index (κ3) is 9.66. The number of methoxy groups -OCH3 is 4. The number of imidazole rings is 1. The summed E-state index contributed by atoms with van der Waals surface area (Å²) in [6, 6.07) is 17.4. The minimum Gasteiger partial charge on any atom is -0.453 e. The van der Waals surface area contributed by atoms with Gasteiger partial charge in [-0.2, -0.15) is 0 Å². The third-order valence-electron chi connectivity index (χ3n) is 11.4. The second-order valence-corrected chi connectivity index (χ2v) is 14.9. The second kappa shape index (κ2) is 19.2. The van der Waals surface area contributed by atoms with Crippen LogP contribution in [0.1, 0.15) is 61.8 Å². The number of ether oxygens (including phenoxy) is 4. The van der Waals surface area contributed by atoms with E-state index in [9.17, 15) is 24.0 Å². The van der Waals surface area contributed by atoms with E-state index >= 15 is 0 Å². The fourth-order valence-corrected chi connectivity index (χ4v) is 7.79. The van der Waals surface area contributed by atoms with Crippen LogP contribution in [0.5, 0.6) is 0 Å². The molecule has 314 valence electrons. The molecule has 16 heteroatoms. The summed E-state index contributed by atoms with van der Waals surface area (Å²) in [5, 5.41) is 10.2. The summed E-state index contributed by atoms with van der Waals surface area (Å²) in [6.07, 6.45) is 2.24. The number of amides is 5. The molecule has 0 saturated carbocycles. The Hall–Kier alpha value is -6.00. The van der Waals surface area contributed by atoms with Gasteiger partial charge < -0.3 is 49.7 Å². The molecule has 3 heterocycles. The average Bonchev–Trinajstić information content (AvgIpc) is 4.07. The molecule has 4 aromatic rings. The Kier molecular flexibility index (Phi) is 13.8. The molecule has 6 atom stereocenters. The molecule has 6 unspecified atom stereocenters. The number of nitrogens with zero attached hydrogens (tertiary/aromatic N) is 3. The molecule has 59 heavy (non-hydrogen) atoms. The highest BCUT2D eigenvalue weighted by Crippen LogP contribution is 2.34. The summed E-state index contributed by atoms with van der Waals surface area (Å²) in [4.78, 5) is 75.8. The van der Waals surface area contributed by atoms with E-state index in [-0.39, 0.29) is 36.3 Å². The SMILES string of the molecule is COC(=O)NC(C(=O)N1CCCC1CNC(=O)c1ccc(-c2ccc3cc(-c4cnc(C5CCCN5C(=O)C(NC(=O)OC)C(C)OC)[nH]4)ccc3c2)cc1)C(C)OC. The van der Waals surface area contributed by atoms with Gasteiger partial charge in [-0.25, -0.2) is 14.6 Å². The summed E-state index contributed by atoms with van der Waals surface area (Å²) >= 11 is 0. The maximum atomic E-state index is 13.6. The summed E-state index contributed by atoms with van der Waals surface area (Å²) in [7, 11) is 5.45. The Bertz CT molecular complexity index is 2140. The van der Waals surface area contributed by atoms with Crippen LogP contribution in [0.25, 0.3) is 33.2 Å². The van der Waals surface area contributed by atoms with Gasteiger partial charge in [-0.1, -0.05) is 36.4 Å². The molecule has 2 aliphatic heterocycles. The number of hydrogen-bond acceptors (Lipinski definition) is 10. The highest BCUT2D eigenvalue weighted by Gasteiger charge is 2.39. The van der Waals surface area contributed by atoms with Crippen LogP contribution in [0.2, 0.25) is 0 Å². The van der Waals surface area contributed by atoms with Crippen molar-refractivity contribution in [2.75, 3.05) is 48.1 Å². The van der Waals surface area contributed by atoms with Gasteiger partial charge in [-0.15, -0.1) is 0 Å². The van der Waals surface area contributed by atoms with Crippen LogP contribution in [-0.4, -0.2) is 128 Å². The highest BCUT2D eigenvalue weighted by molar-refractivity contribution is 5.95. The predicted molar refractivity (Wildman–Crippen MR) is 219 cm³/mol. The number of fused-ring (bicyclic) bond motifs is 1. The zero-order valence-electron chi connectivity index (χ0n) is 34.3. The largest absolute Gasteiger partial charge is 0.453 e. The van der Waals surface area contributed by atoms with Gasteiger partial charge in [0.1, 0.15) is 17.9 Å². The lowest BCUT2D eigenvalue weighted by molar-refractivity contribution is -0.138. The molecule has 2 saturated heterocycles. The monoisotopic (exact) mass is 811 g/mol. The van der Waals surface area contributed by atoms with Crippen molar-refractivity contribution in [1.82, 2.24) is 35.7 Å². The van der Waals surface area contributed by atoms with E-state index in [1.807, 2.05) is 24.3 Å². The van der Waals surface area contributed by atoms with Gasteiger partial charge in [-0.3, -0.25) is 14.4 Å². The fraction of sp³-hybridized carbons (Fsp3) is 0.442. The minimum atomic E-state index is -0.920. The first kappa shape index (κ1) is 42.6. The van der Waals surface area contributed by atoms with E-state index in [2.05, 4.69) is 50.2 Å². The first-order chi connectivity index (χ1) is 28.5. The average molecular weight is 812 g/mol. The molecule has 2 fully saturated rings. The van der Waals surface area contributed by atoms with Crippen molar-refractivity contribution in [3.8, 4) is 22.4 Å². The smallest absolute Gasteiger partial charge is 0.407 e. The van der Waals surface area contributed by atoms with Crippen molar-refractivity contribution < 1.29 is 42.9 Å². The number of H-pyrrole nitrogens is 1. The second-order valence-electron chi connectivity index (χ2n) is 14.9. The third-order valence-corrected chi connectivity index (χ3v) is 11.4. The Balaban J connectivity index is 1.08. The number of benzene rings is 3. The molecule has 5 amide bonds. The number of carbonyl (C=O) groups excluding carboxylic acids is 5.